The molecule has 0 amide bonds. The third-order valence-electron chi connectivity index (χ3n) is 2.67. The Morgan fingerprint density at radius 3 is 2.57 bits per heavy atom. The van der Waals surface area contributed by atoms with Crippen LogP contribution in [0.2, 0.25) is 0 Å². The predicted octanol–water partition coefficient (Wildman–Crippen LogP) is 1.92. The molecule has 0 saturated heterocycles. The molecule has 0 aliphatic carbocycles. The molecule has 0 heterocycles. The van der Waals surface area contributed by atoms with Gasteiger partial charge in [-0.1, -0.05) is 37.3 Å². The van der Waals surface area contributed by atoms with Gasteiger partial charge in [-0.25, -0.2) is 8.42 Å². The minimum absolute atomic E-state index is 0. The summed E-state index contributed by atoms with van der Waals surface area (Å²) in [4.78, 5) is 4.08. The molecule has 0 bridgehead atoms. The van der Waals surface area contributed by atoms with Gasteiger partial charge in [-0.2, -0.15) is 0 Å². The van der Waals surface area contributed by atoms with E-state index in [2.05, 4.69) is 10.3 Å². The minimum atomic E-state index is -3.07. The Morgan fingerprint density at radius 1 is 1.29 bits per heavy atom. The van der Waals surface area contributed by atoms with Crippen LogP contribution in [0.5, 0.6) is 0 Å². The van der Waals surface area contributed by atoms with E-state index in [0.717, 1.165) is 12.0 Å². The van der Waals surface area contributed by atoms with Crippen LogP contribution in [-0.2, 0) is 15.6 Å². The minimum Gasteiger partial charge on any atom is -0.370 e. The number of rotatable bonds is 8. The van der Waals surface area contributed by atoms with E-state index in [9.17, 15) is 8.42 Å². The lowest BCUT2D eigenvalue weighted by Gasteiger charge is -2.07. The van der Waals surface area contributed by atoms with Crippen LogP contribution in [0.25, 0.3) is 0 Å². The summed E-state index contributed by atoms with van der Waals surface area (Å²) in [6, 6.07) is 9.21. The molecule has 1 rings (SSSR count). The fraction of sp³-hybridized carbons (Fsp3) is 0.500. The maximum Gasteiger partial charge on any atom is 0.188 e. The molecule has 0 atom stereocenters. The quantitative estimate of drug-likeness (QED) is 0.289. The summed E-state index contributed by atoms with van der Waals surface area (Å²) in [6.45, 7) is 3.23. The number of halogens is 1. The topological polar surface area (TPSA) is 84.5 Å². The molecule has 0 saturated carbocycles. The molecule has 0 fully saturated rings. The summed E-state index contributed by atoms with van der Waals surface area (Å²) >= 11 is 0. The van der Waals surface area contributed by atoms with Gasteiger partial charge in [0.15, 0.2) is 15.8 Å². The Morgan fingerprint density at radius 2 is 1.95 bits per heavy atom. The van der Waals surface area contributed by atoms with Gasteiger partial charge in [0, 0.05) is 13.1 Å². The van der Waals surface area contributed by atoms with Crippen LogP contribution in [0.3, 0.4) is 0 Å². The Labute approximate surface area is 144 Å². The standard InChI is InChI=1S/C14H23N3O2S.HI/c1-2-9-16-14(15)17-10-6-11-20(18,19)12-13-7-4-3-5-8-13;/h3-5,7-8H,2,6,9-12H2,1H3,(H3,15,16,17);1H. The number of nitrogens with two attached hydrogens (primary N) is 1. The normalized spacial score (nSPS) is 11.8. The number of nitrogens with zero attached hydrogens (tertiary/aromatic N) is 1. The molecule has 0 aromatic heterocycles. The molecule has 0 unspecified atom stereocenters. The monoisotopic (exact) mass is 425 g/mol. The van der Waals surface area contributed by atoms with Gasteiger partial charge < -0.3 is 11.1 Å². The summed E-state index contributed by atoms with van der Waals surface area (Å²) in [5, 5.41) is 2.92. The molecule has 0 spiro atoms. The highest BCUT2D eigenvalue weighted by Crippen LogP contribution is 2.06. The fourth-order valence-electron chi connectivity index (χ4n) is 1.70. The van der Waals surface area contributed by atoms with Crippen molar-refractivity contribution in [3.05, 3.63) is 35.9 Å². The van der Waals surface area contributed by atoms with Crippen LogP contribution >= 0.6 is 24.0 Å². The zero-order valence-electron chi connectivity index (χ0n) is 12.3. The summed E-state index contributed by atoms with van der Waals surface area (Å²) in [5.41, 5.74) is 6.45. The molecular weight excluding hydrogens is 401 g/mol. The first-order valence-corrected chi connectivity index (χ1v) is 8.64. The van der Waals surface area contributed by atoms with Crippen LogP contribution in [0.15, 0.2) is 35.3 Å². The van der Waals surface area contributed by atoms with Gasteiger partial charge in [0.1, 0.15) is 0 Å². The number of hydrogen-bond acceptors (Lipinski definition) is 3. The molecule has 0 aliphatic rings. The third-order valence-corrected chi connectivity index (χ3v) is 4.36. The lowest BCUT2D eigenvalue weighted by atomic mass is 10.2. The molecule has 0 aliphatic heterocycles. The largest absolute Gasteiger partial charge is 0.370 e. The van der Waals surface area contributed by atoms with Gasteiger partial charge >= 0.3 is 0 Å². The van der Waals surface area contributed by atoms with Gasteiger partial charge in [-0.05, 0) is 18.4 Å². The van der Waals surface area contributed by atoms with Crippen molar-refractivity contribution < 1.29 is 8.42 Å². The van der Waals surface area contributed by atoms with Crippen LogP contribution in [-0.4, -0.2) is 33.2 Å². The summed E-state index contributed by atoms with van der Waals surface area (Å²) in [5.74, 6) is 0.621. The maximum absolute atomic E-state index is 11.9. The van der Waals surface area contributed by atoms with Gasteiger partial charge in [-0.15, -0.1) is 24.0 Å². The first kappa shape index (κ1) is 20.2. The molecule has 1 aromatic carbocycles. The van der Waals surface area contributed by atoms with Crippen LogP contribution < -0.4 is 11.1 Å². The Kier molecular flexibility index (Phi) is 10.4. The third kappa shape index (κ3) is 9.67. The average molecular weight is 425 g/mol. The van der Waals surface area contributed by atoms with Crippen LogP contribution in [0.1, 0.15) is 25.3 Å². The maximum atomic E-state index is 11.9. The van der Waals surface area contributed by atoms with Crippen molar-refractivity contribution in [1.29, 1.82) is 0 Å². The first-order valence-electron chi connectivity index (χ1n) is 6.81. The first-order chi connectivity index (χ1) is 9.53. The van der Waals surface area contributed by atoms with E-state index in [4.69, 9.17) is 5.73 Å². The highest BCUT2D eigenvalue weighted by molar-refractivity contribution is 14.0. The number of aliphatic imine (C=N–C) groups is 1. The molecule has 7 heteroatoms. The van der Waals surface area contributed by atoms with Gasteiger partial charge in [0.2, 0.25) is 0 Å². The van der Waals surface area contributed by atoms with Gasteiger partial charge in [-0.3, -0.25) is 4.99 Å². The summed E-state index contributed by atoms with van der Waals surface area (Å²) < 4.78 is 23.9. The van der Waals surface area contributed by atoms with Crippen molar-refractivity contribution in [2.75, 3.05) is 18.8 Å². The average Bonchev–Trinajstić information content (AvgIpc) is 2.42. The van der Waals surface area contributed by atoms with Crippen molar-refractivity contribution in [2.45, 2.75) is 25.5 Å². The number of nitrogens with one attached hydrogen (secondary N) is 1. The predicted molar refractivity (Wildman–Crippen MR) is 98.7 cm³/mol. The highest BCUT2D eigenvalue weighted by atomic mass is 127. The van der Waals surface area contributed by atoms with Crippen LogP contribution in [0.4, 0.5) is 0 Å². The van der Waals surface area contributed by atoms with E-state index in [1.807, 2.05) is 37.3 Å². The van der Waals surface area contributed by atoms with Crippen molar-refractivity contribution in [1.82, 2.24) is 5.32 Å². The molecule has 21 heavy (non-hydrogen) atoms. The van der Waals surface area contributed by atoms with E-state index in [0.29, 0.717) is 25.5 Å². The lowest BCUT2D eigenvalue weighted by molar-refractivity contribution is 0.592. The van der Waals surface area contributed by atoms with E-state index in [-0.39, 0.29) is 35.5 Å². The zero-order chi connectivity index (χ0) is 14.8. The highest BCUT2D eigenvalue weighted by Gasteiger charge is 2.11. The van der Waals surface area contributed by atoms with Crippen molar-refractivity contribution >= 4 is 39.8 Å². The summed E-state index contributed by atoms with van der Waals surface area (Å²) in [7, 11) is -3.07. The lowest BCUT2D eigenvalue weighted by Crippen LogP contribution is -2.33. The number of guanidine groups is 1. The van der Waals surface area contributed by atoms with E-state index >= 15 is 0 Å². The number of hydrogen-bond donors (Lipinski definition) is 2. The zero-order valence-corrected chi connectivity index (χ0v) is 15.4. The second kappa shape index (κ2) is 10.8. The summed E-state index contributed by atoms with van der Waals surface area (Å²) in [6.07, 6.45) is 1.46. The second-order valence-electron chi connectivity index (χ2n) is 4.62. The van der Waals surface area contributed by atoms with E-state index < -0.39 is 9.84 Å². The molecule has 5 nitrogen and oxygen atoms in total. The Hall–Kier alpha value is -0.830. The van der Waals surface area contributed by atoms with E-state index in [1.165, 1.54) is 0 Å². The molecule has 120 valence electrons. The Bertz CT molecular complexity index is 518. The number of sulfone groups is 1. The number of benzene rings is 1. The van der Waals surface area contributed by atoms with E-state index in [1.54, 1.807) is 0 Å². The molecule has 0 radical (unpaired) electrons. The molecule has 3 N–H and O–H groups in total. The molecule has 1 aromatic rings. The fourth-order valence-corrected chi connectivity index (χ4v) is 3.13. The smallest absolute Gasteiger partial charge is 0.188 e. The van der Waals surface area contributed by atoms with Crippen LogP contribution in [0, 0.1) is 0 Å². The van der Waals surface area contributed by atoms with Crippen molar-refractivity contribution in [2.24, 2.45) is 10.7 Å². The van der Waals surface area contributed by atoms with Crippen molar-refractivity contribution in [3.63, 3.8) is 0 Å². The second-order valence-corrected chi connectivity index (χ2v) is 6.81. The SMILES string of the molecule is CCCN=C(N)NCCCS(=O)(=O)Cc1ccccc1.I. The van der Waals surface area contributed by atoms with Crippen molar-refractivity contribution in [3.8, 4) is 0 Å². The molecular formula is C14H24IN3O2S. The Balaban J connectivity index is 0.00000400. The van der Waals surface area contributed by atoms with Gasteiger partial charge in [0.25, 0.3) is 0 Å². The van der Waals surface area contributed by atoms with Gasteiger partial charge in [0.05, 0.1) is 11.5 Å².